The van der Waals surface area contributed by atoms with Gasteiger partial charge >= 0.3 is 0 Å². The number of rotatable bonds is 5. The summed E-state index contributed by atoms with van der Waals surface area (Å²) in [5.41, 5.74) is 5.72. The van der Waals surface area contributed by atoms with E-state index in [2.05, 4.69) is 26.1 Å². The van der Waals surface area contributed by atoms with Gasteiger partial charge in [0.25, 0.3) is 5.91 Å². The third-order valence-electron chi connectivity index (χ3n) is 4.67. The number of morpholine rings is 1. The molecule has 1 unspecified atom stereocenters. The van der Waals surface area contributed by atoms with Crippen molar-refractivity contribution in [1.29, 1.82) is 0 Å². The molecule has 1 atom stereocenters. The number of carbonyl (C=O) groups is 1. The van der Waals surface area contributed by atoms with E-state index in [1.54, 1.807) is 6.07 Å². The van der Waals surface area contributed by atoms with Crippen LogP contribution in [-0.2, 0) is 4.74 Å². The number of amides is 1. The SMILES string of the molecule is NC(=O)c1c(F)cc(Br)cc1NCC1(N2CCOCC2)CCSC1. The first kappa shape index (κ1) is 18.0. The molecule has 0 spiro atoms. The Morgan fingerprint density at radius 2 is 2.21 bits per heavy atom. The zero-order chi connectivity index (χ0) is 17.2. The molecule has 0 radical (unpaired) electrons. The third-order valence-corrected chi connectivity index (χ3v) is 6.37. The van der Waals surface area contributed by atoms with Crippen LogP contribution in [0.15, 0.2) is 16.6 Å². The Kier molecular flexibility index (Phi) is 5.69. The molecule has 0 bridgehead atoms. The van der Waals surface area contributed by atoms with Crippen molar-refractivity contribution in [3.63, 3.8) is 0 Å². The van der Waals surface area contributed by atoms with Gasteiger partial charge in [0.15, 0.2) is 0 Å². The van der Waals surface area contributed by atoms with E-state index in [-0.39, 0.29) is 11.1 Å². The Bertz CT molecular complexity index is 620. The van der Waals surface area contributed by atoms with Crippen LogP contribution in [0.1, 0.15) is 16.8 Å². The highest BCUT2D eigenvalue weighted by Gasteiger charge is 2.40. The molecule has 1 aromatic carbocycles. The van der Waals surface area contributed by atoms with E-state index in [1.807, 2.05) is 11.8 Å². The average Bonchev–Trinajstić information content (AvgIpc) is 3.03. The van der Waals surface area contributed by atoms with Gasteiger partial charge in [-0.05, 0) is 24.3 Å². The van der Waals surface area contributed by atoms with Gasteiger partial charge in [0.05, 0.1) is 24.5 Å². The summed E-state index contributed by atoms with van der Waals surface area (Å²) in [4.78, 5) is 14.1. The van der Waals surface area contributed by atoms with E-state index in [0.717, 1.165) is 44.2 Å². The highest BCUT2D eigenvalue weighted by atomic mass is 79.9. The Labute approximate surface area is 153 Å². The zero-order valence-electron chi connectivity index (χ0n) is 13.3. The number of hydrogen-bond donors (Lipinski definition) is 2. The molecule has 3 N–H and O–H groups in total. The topological polar surface area (TPSA) is 67.6 Å². The Morgan fingerprint density at radius 3 is 2.83 bits per heavy atom. The maximum absolute atomic E-state index is 14.1. The molecule has 2 heterocycles. The summed E-state index contributed by atoms with van der Waals surface area (Å²) in [5.74, 6) is 0.751. The number of nitrogens with one attached hydrogen (secondary N) is 1. The summed E-state index contributed by atoms with van der Waals surface area (Å²) in [7, 11) is 0. The molecule has 8 heteroatoms. The maximum atomic E-state index is 14.1. The van der Waals surface area contributed by atoms with Gasteiger partial charge in [0.1, 0.15) is 5.82 Å². The van der Waals surface area contributed by atoms with Crippen molar-refractivity contribution in [3.8, 4) is 0 Å². The fourth-order valence-corrected chi connectivity index (χ4v) is 5.27. The second-order valence-electron chi connectivity index (χ2n) is 6.15. The average molecular weight is 418 g/mol. The molecule has 3 rings (SSSR count). The van der Waals surface area contributed by atoms with Gasteiger partial charge < -0.3 is 15.8 Å². The smallest absolute Gasteiger partial charge is 0.253 e. The van der Waals surface area contributed by atoms with E-state index in [1.165, 1.54) is 6.07 Å². The van der Waals surface area contributed by atoms with Gasteiger partial charge in [-0.25, -0.2) is 4.39 Å². The number of anilines is 1. The molecule has 132 valence electrons. The number of hydrogen-bond acceptors (Lipinski definition) is 5. The lowest BCUT2D eigenvalue weighted by atomic mass is 9.95. The van der Waals surface area contributed by atoms with Crippen molar-refractivity contribution < 1.29 is 13.9 Å². The molecule has 1 aromatic rings. The molecule has 2 saturated heterocycles. The number of ether oxygens (including phenoxy) is 1. The Balaban J connectivity index is 1.81. The number of nitrogens with two attached hydrogens (primary N) is 1. The van der Waals surface area contributed by atoms with Crippen molar-refractivity contribution >= 4 is 39.3 Å². The van der Waals surface area contributed by atoms with Crippen molar-refractivity contribution in [2.75, 3.05) is 49.7 Å². The lowest BCUT2D eigenvalue weighted by Gasteiger charge is -2.43. The molecule has 2 fully saturated rings. The van der Waals surface area contributed by atoms with Gasteiger partial charge in [-0.1, -0.05) is 15.9 Å². The van der Waals surface area contributed by atoms with Gasteiger partial charge in [-0.2, -0.15) is 11.8 Å². The maximum Gasteiger partial charge on any atom is 0.253 e. The van der Waals surface area contributed by atoms with Crippen LogP contribution < -0.4 is 11.1 Å². The summed E-state index contributed by atoms with van der Waals surface area (Å²) >= 11 is 5.21. The summed E-state index contributed by atoms with van der Waals surface area (Å²) in [6.07, 6.45) is 1.06. The van der Waals surface area contributed by atoms with E-state index in [4.69, 9.17) is 10.5 Å². The van der Waals surface area contributed by atoms with Crippen LogP contribution in [0, 0.1) is 5.82 Å². The molecule has 0 saturated carbocycles. The van der Waals surface area contributed by atoms with Gasteiger partial charge in [-0.3, -0.25) is 9.69 Å². The van der Waals surface area contributed by atoms with Crippen LogP contribution in [0.4, 0.5) is 10.1 Å². The summed E-state index contributed by atoms with van der Waals surface area (Å²) in [6.45, 7) is 3.93. The van der Waals surface area contributed by atoms with Crippen LogP contribution in [0.5, 0.6) is 0 Å². The van der Waals surface area contributed by atoms with Gasteiger partial charge in [0, 0.05) is 35.4 Å². The van der Waals surface area contributed by atoms with Crippen molar-refractivity contribution in [2.45, 2.75) is 12.0 Å². The van der Waals surface area contributed by atoms with E-state index >= 15 is 0 Å². The quantitative estimate of drug-likeness (QED) is 0.769. The molecule has 2 aliphatic heterocycles. The summed E-state index contributed by atoms with van der Waals surface area (Å²) in [5, 5.41) is 3.29. The first-order chi connectivity index (χ1) is 11.5. The fourth-order valence-electron chi connectivity index (χ4n) is 3.36. The number of thioether (sulfide) groups is 1. The third kappa shape index (κ3) is 3.71. The minimum atomic E-state index is -0.760. The minimum Gasteiger partial charge on any atom is -0.382 e. The second kappa shape index (κ2) is 7.59. The summed E-state index contributed by atoms with van der Waals surface area (Å²) < 4.78 is 20.2. The van der Waals surface area contributed by atoms with Crippen molar-refractivity contribution in [3.05, 3.63) is 28.0 Å². The van der Waals surface area contributed by atoms with Crippen LogP contribution in [0.2, 0.25) is 0 Å². The van der Waals surface area contributed by atoms with Crippen molar-refractivity contribution in [1.82, 2.24) is 4.90 Å². The standard InChI is InChI=1S/C16H21BrFN3O2S/c17-11-7-12(18)14(15(19)22)13(8-11)20-9-16(1-6-24-10-16)21-2-4-23-5-3-21/h7-8,20H,1-6,9-10H2,(H2,19,22). The van der Waals surface area contributed by atoms with Gasteiger partial charge in [0.2, 0.25) is 0 Å². The first-order valence-electron chi connectivity index (χ1n) is 7.95. The highest BCUT2D eigenvalue weighted by molar-refractivity contribution is 9.10. The Hall–Kier alpha value is -0.830. The minimum absolute atomic E-state index is 0.00214. The molecule has 0 aliphatic carbocycles. The highest BCUT2D eigenvalue weighted by Crippen LogP contribution is 2.35. The largest absolute Gasteiger partial charge is 0.382 e. The van der Waals surface area contributed by atoms with Crippen LogP contribution in [-0.4, -0.2) is 60.7 Å². The monoisotopic (exact) mass is 417 g/mol. The van der Waals surface area contributed by atoms with Crippen LogP contribution in [0.3, 0.4) is 0 Å². The molecule has 5 nitrogen and oxygen atoms in total. The predicted molar refractivity (Wildman–Crippen MR) is 98.2 cm³/mol. The molecular weight excluding hydrogens is 397 g/mol. The molecule has 0 aromatic heterocycles. The summed E-state index contributed by atoms with van der Waals surface area (Å²) in [6, 6.07) is 2.96. The van der Waals surface area contributed by atoms with Crippen LogP contribution >= 0.6 is 27.7 Å². The van der Waals surface area contributed by atoms with Crippen molar-refractivity contribution in [2.24, 2.45) is 5.73 Å². The zero-order valence-corrected chi connectivity index (χ0v) is 15.7. The van der Waals surface area contributed by atoms with E-state index < -0.39 is 11.7 Å². The lowest BCUT2D eigenvalue weighted by molar-refractivity contribution is -0.00921. The molecule has 2 aliphatic rings. The van der Waals surface area contributed by atoms with E-state index in [9.17, 15) is 9.18 Å². The number of primary amides is 1. The van der Waals surface area contributed by atoms with E-state index in [0.29, 0.717) is 16.7 Å². The molecule has 24 heavy (non-hydrogen) atoms. The second-order valence-corrected chi connectivity index (χ2v) is 8.18. The van der Waals surface area contributed by atoms with Gasteiger partial charge in [-0.15, -0.1) is 0 Å². The number of carbonyl (C=O) groups excluding carboxylic acids is 1. The predicted octanol–water partition coefficient (Wildman–Crippen LogP) is 2.31. The first-order valence-corrected chi connectivity index (χ1v) is 9.90. The van der Waals surface area contributed by atoms with Crippen LogP contribution in [0.25, 0.3) is 0 Å². The number of nitrogens with zero attached hydrogens (tertiary/aromatic N) is 1. The fraction of sp³-hybridized carbons (Fsp3) is 0.562. The number of halogens is 2. The normalized spacial score (nSPS) is 24.9. The molecule has 1 amide bonds. The lowest BCUT2D eigenvalue weighted by Crippen LogP contribution is -2.57. The Morgan fingerprint density at radius 1 is 1.46 bits per heavy atom. The number of benzene rings is 1. The molecular formula is C16H21BrFN3O2S.